The SMILES string of the molecule is CCC1CCCC(C)C1[Si](Cl)(Cl)Cl. The number of hydrogen-bond acceptors (Lipinski definition) is 0. The molecule has 3 unspecified atom stereocenters. The van der Waals surface area contributed by atoms with Crippen LogP contribution < -0.4 is 0 Å². The van der Waals surface area contributed by atoms with Crippen molar-refractivity contribution in [2.75, 3.05) is 0 Å². The monoisotopic (exact) mass is 258 g/mol. The molecular weight excluding hydrogens is 243 g/mol. The van der Waals surface area contributed by atoms with E-state index in [1.807, 2.05) is 0 Å². The van der Waals surface area contributed by atoms with Gasteiger partial charge in [0.15, 0.2) is 0 Å². The van der Waals surface area contributed by atoms with Crippen molar-refractivity contribution in [1.82, 2.24) is 0 Å². The minimum Gasteiger partial charge on any atom is -0.126 e. The Labute approximate surface area is 96.1 Å². The molecule has 0 aromatic heterocycles. The van der Waals surface area contributed by atoms with Crippen LogP contribution in [0, 0.1) is 11.8 Å². The zero-order valence-electron chi connectivity index (χ0n) is 8.19. The molecule has 13 heavy (non-hydrogen) atoms. The van der Waals surface area contributed by atoms with Gasteiger partial charge >= 0.3 is 6.00 Å². The highest BCUT2D eigenvalue weighted by Gasteiger charge is 2.45. The summed E-state index contributed by atoms with van der Waals surface area (Å²) < 4.78 is 0. The van der Waals surface area contributed by atoms with Crippen molar-refractivity contribution >= 4 is 39.2 Å². The number of halogens is 3. The van der Waals surface area contributed by atoms with Gasteiger partial charge in [-0.2, -0.15) is 0 Å². The van der Waals surface area contributed by atoms with Crippen molar-refractivity contribution in [2.45, 2.75) is 45.1 Å². The maximum absolute atomic E-state index is 6.15. The van der Waals surface area contributed by atoms with Crippen LogP contribution in [0.25, 0.3) is 0 Å². The first kappa shape index (κ1) is 12.2. The second-order valence-corrected chi connectivity index (χ2v) is 13.0. The van der Waals surface area contributed by atoms with Gasteiger partial charge in [0, 0.05) is 0 Å². The fraction of sp³-hybridized carbons (Fsp3) is 1.00. The highest BCUT2D eigenvalue weighted by atomic mass is 35.8. The van der Waals surface area contributed by atoms with Crippen molar-refractivity contribution in [1.29, 1.82) is 0 Å². The smallest absolute Gasteiger partial charge is 0.126 e. The van der Waals surface area contributed by atoms with E-state index in [9.17, 15) is 0 Å². The first-order valence-corrected chi connectivity index (χ1v) is 10.1. The summed E-state index contributed by atoms with van der Waals surface area (Å²) in [5, 5.41) is 0. The van der Waals surface area contributed by atoms with Crippen LogP contribution in [0.5, 0.6) is 0 Å². The predicted molar refractivity (Wildman–Crippen MR) is 63.9 cm³/mol. The number of hydrogen-bond donors (Lipinski definition) is 0. The minimum absolute atomic E-state index is 0.385. The molecule has 0 heterocycles. The van der Waals surface area contributed by atoms with Crippen LogP contribution in [0.1, 0.15) is 39.5 Å². The van der Waals surface area contributed by atoms with Gasteiger partial charge in [0.25, 0.3) is 0 Å². The summed E-state index contributed by atoms with van der Waals surface area (Å²) >= 11 is 18.5. The Hall–Kier alpha value is 1.09. The third kappa shape index (κ3) is 3.02. The van der Waals surface area contributed by atoms with Gasteiger partial charge in [-0.25, -0.2) is 0 Å². The molecule has 1 saturated carbocycles. The second kappa shape index (κ2) is 4.74. The van der Waals surface area contributed by atoms with Crippen molar-refractivity contribution in [3.05, 3.63) is 0 Å². The maximum atomic E-state index is 6.15. The lowest BCUT2D eigenvalue weighted by molar-refractivity contribution is 0.275. The summed E-state index contributed by atoms with van der Waals surface area (Å²) in [4.78, 5) is 0. The van der Waals surface area contributed by atoms with Gasteiger partial charge in [0.2, 0.25) is 0 Å². The molecule has 78 valence electrons. The van der Waals surface area contributed by atoms with Crippen LogP contribution in [0.2, 0.25) is 5.54 Å². The highest BCUT2D eigenvalue weighted by molar-refractivity contribution is 7.65. The lowest BCUT2D eigenvalue weighted by Gasteiger charge is -2.39. The van der Waals surface area contributed by atoms with Crippen molar-refractivity contribution in [2.24, 2.45) is 11.8 Å². The van der Waals surface area contributed by atoms with Crippen LogP contribution in [0.4, 0.5) is 0 Å². The third-order valence-corrected chi connectivity index (χ3v) is 7.32. The first-order valence-electron chi connectivity index (χ1n) is 5.03. The Balaban J connectivity index is 2.73. The van der Waals surface area contributed by atoms with E-state index in [2.05, 4.69) is 13.8 Å². The van der Waals surface area contributed by atoms with E-state index in [0.29, 0.717) is 17.4 Å². The first-order chi connectivity index (χ1) is 5.96. The van der Waals surface area contributed by atoms with Gasteiger partial charge in [-0.05, 0) is 17.4 Å². The Kier molecular flexibility index (Phi) is 4.43. The average Bonchev–Trinajstić information content (AvgIpc) is 2.01. The Bertz CT molecular complexity index is 167. The van der Waals surface area contributed by atoms with Gasteiger partial charge < -0.3 is 0 Å². The maximum Gasteiger partial charge on any atom is 0.344 e. The minimum atomic E-state index is -2.49. The molecule has 1 aliphatic rings. The standard InChI is InChI=1S/C9H17Cl3Si/c1-3-8-6-4-5-7(2)9(8)13(10,11)12/h7-9H,3-6H2,1-2H3. The molecule has 0 aromatic rings. The van der Waals surface area contributed by atoms with Crippen molar-refractivity contribution < 1.29 is 0 Å². The molecule has 0 amide bonds. The predicted octanol–water partition coefficient (Wildman–Crippen LogP) is 4.86. The van der Waals surface area contributed by atoms with Crippen LogP contribution in [0.3, 0.4) is 0 Å². The lowest BCUT2D eigenvalue weighted by atomic mass is 9.80. The fourth-order valence-corrected chi connectivity index (χ4v) is 7.86. The molecule has 1 aliphatic carbocycles. The fourth-order valence-electron chi connectivity index (χ4n) is 2.57. The van der Waals surface area contributed by atoms with E-state index in [1.165, 1.54) is 19.3 Å². The molecule has 0 saturated heterocycles. The second-order valence-electron chi connectivity index (χ2n) is 4.14. The van der Waals surface area contributed by atoms with Gasteiger partial charge in [0.1, 0.15) is 0 Å². The van der Waals surface area contributed by atoms with Crippen LogP contribution in [-0.2, 0) is 0 Å². The molecule has 0 radical (unpaired) electrons. The third-order valence-electron chi connectivity index (χ3n) is 3.26. The summed E-state index contributed by atoms with van der Waals surface area (Å²) in [5.41, 5.74) is 0.385. The average molecular weight is 260 g/mol. The highest BCUT2D eigenvalue weighted by Crippen LogP contribution is 2.51. The molecule has 0 nitrogen and oxygen atoms in total. The number of rotatable bonds is 2. The quantitative estimate of drug-likeness (QED) is 0.491. The molecule has 0 N–H and O–H groups in total. The van der Waals surface area contributed by atoms with Crippen LogP contribution in [-0.4, -0.2) is 6.00 Å². The van der Waals surface area contributed by atoms with E-state index < -0.39 is 6.00 Å². The summed E-state index contributed by atoms with van der Waals surface area (Å²) in [6.07, 6.45) is 4.97. The molecular formula is C9H17Cl3Si. The van der Waals surface area contributed by atoms with Crippen LogP contribution >= 0.6 is 33.2 Å². The van der Waals surface area contributed by atoms with Gasteiger partial charge in [-0.1, -0.05) is 39.5 Å². The van der Waals surface area contributed by atoms with Crippen LogP contribution in [0.15, 0.2) is 0 Å². The molecule has 0 aromatic carbocycles. The zero-order chi connectivity index (χ0) is 10.1. The molecule has 4 heteroatoms. The van der Waals surface area contributed by atoms with Gasteiger partial charge in [-0.15, -0.1) is 33.2 Å². The normalized spacial score (nSPS) is 36.2. The van der Waals surface area contributed by atoms with Gasteiger partial charge in [-0.3, -0.25) is 0 Å². The molecule has 0 spiro atoms. The summed E-state index contributed by atoms with van der Waals surface area (Å²) in [6.45, 7) is 4.45. The largest absolute Gasteiger partial charge is 0.344 e. The topological polar surface area (TPSA) is 0 Å². The van der Waals surface area contributed by atoms with E-state index in [1.54, 1.807) is 0 Å². The Morgan fingerprint density at radius 1 is 1.23 bits per heavy atom. The van der Waals surface area contributed by atoms with E-state index >= 15 is 0 Å². The summed E-state index contributed by atoms with van der Waals surface area (Å²) in [7, 11) is 0. The van der Waals surface area contributed by atoms with E-state index in [-0.39, 0.29) is 0 Å². The van der Waals surface area contributed by atoms with E-state index in [0.717, 1.165) is 6.42 Å². The Morgan fingerprint density at radius 2 is 1.85 bits per heavy atom. The lowest BCUT2D eigenvalue weighted by Crippen LogP contribution is -2.34. The molecule has 0 bridgehead atoms. The molecule has 0 aliphatic heterocycles. The van der Waals surface area contributed by atoms with Gasteiger partial charge in [0.05, 0.1) is 0 Å². The van der Waals surface area contributed by atoms with Crippen molar-refractivity contribution in [3.8, 4) is 0 Å². The molecule has 1 rings (SSSR count). The molecule has 1 fully saturated rings. The van der Waals surface area contributed by atoms with E-state index in [4.69, 9.17) is 33.2 Å². The Morgan fingerprint density at radius 3 is 2.23 bits per heavy atom. The molecule has 3 atom stereocenters. The summed E-state index contributed by atoms with van der Waals surface area (Å²) in [5.74, 6) is 1.26. The van der Waals surface area contributed by atoms with Crippen molar-refractivity contribution in [3.63, 3.8) is 0 Å². The summed E-state index contributed by atoms with van der Waals surface area (Å²) in [6, 6.07) is -2.49. The zero-order valence-corrected chi connectivity index (χ0v) is 11.5.